The lowest BCUT2D eigenvalue weighted by Crippen LogP contribution is -2.45. The molecular formula is C26H25F2N3O6. The van der Waals surface area contributed by atoms with Crippen LogP contribution in [0.3, 0.4) is 0 Å². The summed E-state index contributed by atoms with van der Waals surface area (Å²) >= 11 is 0. The molecule has 0 radical (unpaired) electrons. The fourth-order valence-electron chi connectivity index (χ4n) is 5.64. The third kappa shape index (κ3) is 3.67. The number of oxime groups is 1. The van der Waals surface area contributed by atoms with E-state index in [4.69, 9.17) is 14.3 Å². The Balaban J connectivity index is 1.37. The number of anilines is 2. The van der Waals surface area contributed by atoms with E-state index in [0.29, 0.717) is 18.8 Å². The van der Waals surface area contributed by atoms with Gasteiger partial charge in [0.2, 0.25) is 0 Å². The van der Waals surface area contributed by atoms with Gasteiger partial charge in [-0.1, -0.05) is 5.16 Å². The number of aliphatic carboxylic acids is 1. The number of alkyl halides is 1. The van der Waals surface area contributed by atoms with E-state index in [0.717, 1.165) is 17.3 Å². The zero-order valence-corrected chi connectivity index (χ0v) is 20.2. The number of halogens is 2. The normalized spacial score (nSPS) is 27.8. The molecule has 0 amide bonds. The van der Waals surface area contributed by atoms with Gasteiger partial charge in [0.05, 0.1) is 44.1 Å². The van der Waals surface area contributed by atoms with Crippen LogP contribution in [0.5, 0.6) is 11.5 Å². The zero-order valence-electron chi connectivity index (χ0n) is 20.2. The van der Waals surface area contributed by atoms with Crippen LogP contribution in [0.2, 0.25) is 0 Å². The Morgan fingerprint density at radius 1 is 1.14 bits per heavy atom. The molecule has 1 N–H and O–H groups in total. The Kier molecular flexibility index (Phi) is 5.46. The molecule has 4 aliphatic rings. The van der Waals surface area contributed by atoms with Crippen LogP contribution in [0.1, 0.15) is 22.3 Å². The van der Waals surface area contributed by atoms with Crippen molar-refractivity contribution in [3.05, 3.63) is 47.3 Å². The highest BCUT2D eigenvalue weighted by molar-refractivity contribution is 6.15. The van der Waals surface area contributed by atoms with Gasteiger partial charge in [-0.3, -0.25) is 9.59 Å². The van der Waals surface area contributed by atoms with Gasteiger partial charge in [-0.15, -0.1) is 0 Å². The van der Waals surface area contributed by atoms with Crippen LogP contribution in [0.25, 0.3) is 0 Å². The molecule has 9 nitrogen and oxygen atoms in total. The van der Waals surface area contributed by atoms with Crippen molar-refractivity contribution in [2.24, 2.45) is 17.0 Å². The summed E-state index contributed by atoms with van der Waals surface area (Å²) in [5, 5.41) is 13.8. The van der Waals surface area contributed by atoms with E-state index < -0.39 is 35.7 Å². The van der Waals surface area contributed by atoms with Crippen molar-refractivity contribution in [2.45, 2.75) is 24.7 Å². The number of rotatable bonds is 6. The van der Waals surface area contributed by atoms with Crippen molar-refractivity contribution in [3.8, 4) is 11.5 Å². The predicted octanol–water partition coefficient (Wildman–Crippen LogP) is 2.90. The number of hydrogen-bond acceptors (Lipinski definition) is 8. The standard InChI is InChI=1S/C26H25F2N3O6/c1-35-13-5-3-12(4-6-13)21-15-9-30(11-20(15)37-29-21)23-18(28)7-14-22(25(23)36-2)31(19-8-17(19)27)10-16(24(14)32)26(33)34/h3-7,15-17,19-20H,8-11H2,1-2H3,(H,33,34)/t15?,16?,17-,19+,20?/m0/s1. The van der Waals surface area contributed by atoms with Crippen LogP contribution in [-0.4, -0.2) is 74.7 Å². The second-order valence-electron chi connectivity index (χ2n) is 9.72. The minimum atomic E-state index is -1.40. The Hall–Kier alpha value is -3.89. The number of methoxy groups -OCH3 is 2. The average molecular weight is 513 g/mol. The number of benzene rings is 2. The van der Waals surface area contributed by atoms with Gasteiger partial charge in [0.25, 0.3) is 0 Å². The first kappa shape index (κ1) is 23.5. The van der Waals surface area contributed by atoms with Crippen LogP contribution in [-0.2, 0) is 9.63 Å². The van der Waals surface area contributed by atoms with Crippen molar-refractivity contribution in [2.75, 3.05) is 43.7 Å². The van der Waals surface area contributed by atoms with Crippen molar-refractivity contribution in [3.63, 3.8) is 0 Å². The number of carboxylic acid groups (broad SMARTS) is 1. The van der Waals surface area contributed by atoms with Gasteiger partial charge in [-0.2, -0.15) is 0 Å². The van der Waals surface area contributed by atoms with Crippen molar-refractivity contribution in [1.82, 2.24) is 0 Å². The van der Waals surface area contributed by atoms with E-state index in [1.54, 1.807) is 16.9 Å². The topological polar surface area (TPSA) is 101 Å². The average Bonchev–Trinajstić information content (AvgIpc) is 3.28. The number of carbonyl (C=O) groups excluding carboxylic acids is 1. The minimum absolute atomic E-state index is 0.0919. The summed E-state index contributed by atoms with van der Waals surface area (Å²) in [5.41, 5.74) is 1.88. The largest absolute Gasteiger partial charge is 0.497 e. The molecule has 5 atom stereocenters. The fourth-order valence-corrected chi connectivity index (χ4v) is 5.64. The van der Waals surface area contributed by atoms with Crippen molar-refractivity contribution in [1.29, 1.82) is 0 Å². The molecule has 1 saturated carbocycles. The second kappa shape index (κ2) is 8.60. The molecule has 1 saturated heterocycles. The monoisotopic (exact) mass is 513 g/mol. The number of carbonyl (C=O) groups is 2. The van der Waals surface area contributed by atoms with E-state index in [1.807, 2.05) is 24.3 Å². The van der Waals surface area contributed by atoms with Crippen LogP contribution in [0, 0.1) is 17.7 Å². The van der Waals surface area contributed by atoms with Gasteiger partial charge in [-0.05, 0) is 30.3 Å². The quantitative estimate of drug-likeness (QED) is 0.589. The summed E-state index contributed by atoms with van der Waals surface area (Å²) < 4.78 is 40.7. The number of nitrogens with zero attached hydrogens (tertiary/aromatic N) is 3. The minimum Gasteiger partial charge on any atom is -0.497 e. The van der Waals surface area contributed by atoms with Gasteiger partial charge in [0, 0.05) is 30.6 Å². The first-order valence-corrected chi connectivity index (χ1v) is 12.0. The summed E-state index contributed by atoms with van der Waals surface area (Å²) in [6.07, 6.45) is -1.26. The van der Waals surface area contributed by atoms with E-state index >= 15 is 4.39 Å². The SMILES string of the molecule is COc1ccc(C2=NOC3CN(c4c(F)cc5c(c4OC)N([C@@H]4C[C@@H]4F)CC(C(=O)O)C5=O)CC23)cc1. The van der Waals surface area contributed by atoms with Crippen LogP contribution < -0.4 is 19.3 Å². The molecular weight excluding hydrogens is 488 g/mol. The number of ether oxygens (including phenoxy) is 2. The summed E-state index contributed by atoms with van der Waals surface area (Å²) in [5.74, 6) is -3.49. The molecule has 2 aromatic carbocycles. The van der Waals surface area contributed by atoms with Crippen LogP contribution >= 0.6 is 0 Å². The van der Waals surface area contributed by atoms with Gasteiger partial charge in [0.15, 0.2) is 23.5 Å². The Labute approximate surface area is 211 Å². The maximum atomic E-state index is 15.7. The van der Waals surface area contributed by atoms with Crippen LogP contribution in [0.15, 0.2) is 35.5 Å². The summed E-state index contributed by atoms with van der Waals surface area (Å²) in [6.45, 7) is 0.500. The molecule has 37 heavy (non-hydrogen) atoms. The lowest BCUT2D eigenvalue weighted by Gasteiger charge is -2.36. The summed E-state index contributed by atoms with van der Waals surface area (Å²) in [7, 11) is 2.95. The van der Waals surface area contributed by atoms with Crippen molar-refractivity contribution < 1.29 is 37.8 Å². The number of Topliss-reactive ketones (excluding diaryl/α,β-unsaturated/α-hetero) is 1. The van der Waals surface area contributed by atoms with E-state index in [-0.39, 0.29) is 47.7 Å². The maximum absolute atomic E-state index is 15.7. The molecule has 0 spiro atoms. The molecule has 3 heterocycles. The van der Waals surface area contributed by atoms with Gasteiger partial charge >= 0.3 is 5.97 Å². The summed E-state index contributed by atoms with van der Waals surface area (Å²) in [6, 6.07) is 7.90. The molecule has 3 unspecified atom stereocenters. The first-order chi connectivity index (χ1) is 17.8. The van der Waals surface area contributed by atoms with Crippen LogP contribution in [0.4, 0.5) is 20.2 Å². The lowest BCUT2D eigenvalue weighted by molar-refractivity contribution is -0.139. The maximum Gasteiger partial charge on any atom is 0.316 e. The van der Waals surface area contributed by atoms with E-state index in [9.17, 15) is 19.1 Å². The Bertz CT molecular complexity index is 1320. The number of ketones is 1. The molecule has 0 bridgehead atoms. The molecule has 2 aromatic rings. The first-order valence-electron chi connectivity index (χ1n) is 12.0. The number of hydrogen-bond donors (Lipinski definition) is 1. The third-order valence-electron chi connectivity index (χ3n) is 7.62. The fraction of sp³-hybridized carbons (Fsp3) is 0.423. The highest BCUT2D eigenvalue weighted by Gasteiger charge is 2.51. The third-order valence-corrected chi connectivity index (χ3v) is 7.62. The molecule has 1 aliphatic carbocycles. The molecule has 194 valence electrons. The van der Waals surface area contributed by atoms with Crippen molar-refractivity contribution >= 4 is 28.8 Å². The predicted molar refractivity (Wildman–Crippen MR) is 129 cm³/mol. The van der Waals surface area contributed by atoms with E-state index in [2.05, 4.69) is 5.16 Å². The number of carboxylic acids is 1. The smallest absolute Gasteiger partial charge is 0.316 e. The molecule has 6 rings (SSSR count). The van der Waals surface area contributed by atoms with Gasteiger partial charge in [-0.25, -0.2) is 8.78 Å². The highest BCUT2D eigenvalue weighted by Crippen LogP contribution is 2.50. The van der Waals surface area contributed by atoms with Gasteiger partial charge < -0.3 is 29.2 Å². The summed E-state index contributed by atoms with van der Waals surface area (Å²) in [4.78, 5) is 33.8. The Morgan fingerprint density at radius 3 is 2.49 bits per heavy atom. The van der Waals surface area contributed by atoms with Gasteiger partial charge in [0.1, 0.15) is 23.5 Å². The molecule has 0 aromatic heterocycles. The zero-order chi connectivity index (χ0) is 26.0. The van der Waals surface area contributed by atoms with E-state index in [1.165, 1.54) is 7.11 Å². The second-order valence-corrected chi connectivity index (χ2v) is 9.72. The highest BCUT2D eigenvalue weighted by atomic mass is 19.1. The Morgan fingerprint density at radius 2 is 1.86 bits per heavy atom. The molecule has 3 aliphatic heterocycles. The molecule has 11 heteroatoms. The molecule has 2 fully saturated rings. The number of fused-ring (bicyclic) bond motifs is 2. The lowest BCUT2D eigenvalue weighted by atomic mass is 9.89.